The number of benzene rings is 2. The maximum absolute atomic E-state index is 12.3. The second kappa shape index (κ2) is 7.04. The summed E-state index contributed by atoms with van der Waals surface area (Å²) in [6.45, 7) is 1.88. The lowest BCUT2D eigenvalue weighted by Crippen LogP contribution is -2.15. The van der Waals surface area contributed by atoms with Crippen LogP contribution in [-0.4, -0.2) is 19.3 Å². The molecule has 3 aromatic rings. The first-order valence-corrected chi connectivity index (χ1v) is 9.72. The fourth-order valence-electron chi connectivity index (χ4n) is 2.10. The summed E-state index contributed by atoms with van der Waals surface area (Å²) in [5.74, 6) is -0.393. The minimum atomic E-state index is -3.73. The zero-order chi connectivity index (χ0) is 17.9. The van der Waals surface area contributed by atoms with Crippen LogP contribution in [0.1, 0.15) is 16.1 Å². The number of thiazole rings is 1. The fraction of sp³-hybridized carbons (Fsp3) is 0.0588. The molecule has 1 amide bonds. The lowest BCUT2D eigenvalue weighted by atomic mass is 10.2. The monoisotopic (exact) mass is 373 g/mol. The van der Waals surface area contributed by atoms with Gasteiger partial charge in [-0.15, -0.1) is 11.3 Å². The summed E-state index contributed by atoms with van der Waals surface area (Å²) in [5.41, 5.74) is 1.77. The molecule has 1 aromatic heterocycles. The molecule has 0 radical (unpaired) electrons. The number of para-hydroxylation sites is 1. The van der Waals surface area contributed by atoms with E-state index in [1.54, 1.807) is 24.3 Å². The van der Waals surface area contributed by atoms with Crippen molar-refractivity contribution >= 4 is 38.1 Å². The highest BCUT2D eigenvalue weighted by molar-refractivity contribution is 7.93. The van der Waals surface area contributed by atoms with Crippen LogP contribution < -0.4 is 10.0 Å². The molecule has 0 atom stereocenters. The van der Waals surface area contributed by atoms with Crippen LogP contribution in [0.2, 0.25) is 0 Å². The number of nitrogens with zero attached hydrogens (tertiary/aromatic N) is 1. The number of nitrogens with one attached hydrogen (secondary N) is 2. The van der Waals surface area contributed by atoms with E-state index in [9.17, 15) is 13.2 Å². The highest BCUT2D eigenvalue weighted by atomic mass is 32.2. The molecule has 0 aliphatic heterocycles. The molecule has 8 heteroatoms. The van der Waals surface area contributed by atoms with Crippen molar-refractivity contribution in [2.24, 2.45) is 0 Å². The Kier molecular flexibility index (Phi) is 4.82. The van der Waals surface area contributed by atoms with Crippen LogP contribution in [0.15, 0.2) is 64.9 Å². The van der Waals surface area contributed by atoms with Gasteiger partial charge in [0.2, 0.25) is 0 Å². The maximum Gasteiger partial charge on any atom is 0.275 e. The Morgan fingerprint density at radius 1 is 1.04 bits per heavy atom. The average molecular weight is 373 g/mol. The third-order valence-corrected chi connectivity index (χ3v) is 5.65. The number of amides is 1. The van der Waals surface area contributed by atoms with E-state index in [0.29, 0.717) is 5.69 Å². The van der Waals surface area contributed by atoms with E-state index in [1.165, 1.54) is 17.5 Å². The molecule has 0 saturated carbocycles. The van der Waals surface area contributed by atoms with Crippen LogP contribution in [0, 0.1) is 6.92 Å². The highest BCUT2D eigenvalue weighted by Crippen LogP contribution is 2.21. The second-order valence-corrected chi connectivity index (χ2v) is 7.77. The van der Waals surface area contributed by atoms with Crippen molar-refractivity contribution in [2.75, 3.05) is 10.0 Å². The molecule has 0 bridgehead atoms. The largest absolute Gasteiger partial charge is 0.320 e. The molecule has 0 unspecified atom stereocenters. The van der Waals surface area contributed by atoms with Gasteiger partial charge in [-0.2, -0.15) is 0 Å². The Bertz CT molecular complexity index is 999. The van der Waals surface area contributed by atoms with E-state index in [2.05, 4.69) is 15.0 Å². The van der Waals surface area contributed by atoms with Gasteiger partial charge in [0.15, 0.2) is 5.13 Å². The Balaban J connectivity index is 1.74. The van der Waals surface area contributed by atoms with Gasteiger partial charge >= 0.3 is 0 Å². The SMILES string of the molecule is Cc1ccccc1NC(=O)c1csc(NS(=O)(=O)c2ccccc2)n1. The predicted molar refractivity (Wildman–Crippen MR) is 98.5 cm³/mol. The van der Waals surface area contributed by atoms with Crippen LogP contribution in [0.5, 0.6) is 0 Å². The van der Waals surface area contributed by atoms with Crippen LogP contribution in [0.3, 0.4) is 0 Å². The fourth-order valence-corrected chi connectivity index (χ4v) is 4.06. The standard InChI is InChI=1S/C17H15N3O3S2/c1-12-7-5-6-10-14(12)18-16(21)15-11-24-17(19-15)20-25(22,23)13-8-3-2-4-9-13/h2-11H,1H3,(H,18,21)(H,19,20). The lowest BCUT2D eigenvalue weighted by Gasteiger charge is -2.06. The molecular formula is C17H15N3O3S2. The molecule has 6 nitrogen and oxygen atoms in total. The summed E-state index contributed by atoms with van der Waals surface area (Å²) in [5, 5.41) is 4.41. The molecule has 0 aliphatic carbocycles. The molecule has 0 aliphatic rings. The normalized spacial score (nSPS) is 11.1. The molecule has 3 rings (SSSR count). The number of aryl methyl sites for hydroxylation is 1. The second-order valence-electron chi connectivity index (χ2n) is 5.23. The summed E-state index contributed by atoms with van der Waals surface area (Å²) in [7, 11) is -3.73. The number of anilines is 2. The predicted octanol–water partition coefficient (Wildman–Crippen LogP) is 3.50. The number of rotatable bonds is 5. The first kappa shape index (κ1) is 17.1. The van der Waals surface area contributed by atoms with E-state index in [0.717, 1.165) is 16.9 Å². The van der Waals surface area contributed by atoms with Gasteiger partial charge in [0.1, 0.15) is 5.69 Å². The first-order chi connectivity index (χ1) is 12.0. The van der Waals surface area contributed by atoms with Crippen LogP contribution in [-0.2, 0) is 10.0 Å². The lowest BCUT2D eigenvalue weighted by molar-refractivity contribution is 0.102. The van der Waals surface area contributed by atoms with Gasteiger partial charge in [0.25, 0.3) is 15.9 Å². The van der Waals surface area contributed by atoms with Crippen LogP contribution in [0.25, 0.3) is 0 Å². The van der Waals surface area contributed by atoms with E-state index in [4.69, 9.17) is 0 Å². The molecular weight excluding hydrogens is 358 g/mol. The zero-order valence-corrected chi connectivity index (χ0v) is 14.9. The van der Waals surface area contributed by atoms with Crippen molar-refractivity contribution in [1.82, 2.24) is 4.98 Å². The van der Waals surface area contributed by atoms with Crippen molar-refractivity contribution in [3.63, 3.8) is 0 Å². The van der Waals surface area contributed by atoms with Crippen molar-refractivity contribution in [3.05, 3.63) is 71.2 Å². The molecule has 25 heavy (non-hydrogen) atoms. The van der Waals surface area contributed by atoms with Gasteiger partial charge < -0.3 is 5.32 Å². The number of carbonyl (C=O) groups is 1. The Labute approximate surface area is 149 Å². The molecule has 0 saturated heterocycles. The summed E-state index contributed by atoms with van der Waals surface area (Å²) < 4.78 is 26.9. The van der Waals surface area contributed by atoms with E-state index in [-0.39, 0.29) is 15.7 Å². The van der Waals surface area contributed by atoms with Crippen molar-refractivity contribution in [2.45, 2.75) is 11.8 Å². The molecule has 0 spiro atoms. The minimum absolute atomic E-state index is 0.135. The van der Waals surface area contributed by atoms with Gasteiger partial charge in [-0.25, -0.2) is 13.4 Å². The van der Waals surface area contributed by atoms with E-state index in [1.807, 2.05) is 25.1 Å². The number of hydrogen-bond donors (Lipinski definition) is 2. The van der Waals surface area contributed by atoms with Gasteiger partial charge in [-0.1, -0.05) is 36.4 Å². The number of carbonyl (C=O) groups excluding carboxylic acids is 1. The summed E-state index contributed by atoms with van der Waals surface area (Å²) >= 11 is 1.05. The van der Waals surface area contributed by atoms with Gasteiger partial charge in [-0.05, 0) is 30.7 Å². The average Bonchev–Trinajstić information content (AvgIpc) is 3.06. The summed E-state index contributed by atoms with van der Waals surface area (Å²) in [6.07, 6.45) is 0. The highest BCUT2D eigenvalue weighted by Gasteiger charge is 2.17. The number of sulfonamides is 1. The van der Waals surface area contributed by atoms with Gasteiger partial charge in [0, 0.05) is 11.1 Å². The maximum atomic E-state index is 12.3. The minimum Gasteiger partial charge on any atom is -0.320 e. The van der Waals surface area contributed by atoms with Gasteiger partial charge in [0.05, 0.1) is 4.90 Å². The van der Waals surface area contributed by atoms with E-state index >= 15 is 0 Å². The van der Waals surface area contributed by atoms with Crippen molar-refractivity contribution in [1.29, 1.82) is 0 Å². The van der Waals surface area contributed by atoms with Crippen LogP contribution in [0.4, 0.5) is 10.8 Å². The number of aromatic nitrogens is 1. The third kappa shape index (κ3) is 4.04. The van der Waals surface area contributed by atoms with Gasteiger partial charge in [-0.3, -0.25) is 9.52 Å². The molecule has 1 heterocycles. The molecule has 2 aromatic carbocycles. The quantitative estimate of drug-likeness (QED) is 0.716. The molecule has 2 N–H and O–H groups in total. The summed E-state index contributed by atoms with van der Waals surface area (Å²) in [6, 6.07) is 15.4. The van der Waals surface area contributed by atoms with Crippen molar-refractivity contribution < 1.29 is 13.2 Å². The smallest absolute Gasteiger partial charge is 0.275 e. The topological polar surface area (TPSA) is 88.2 Å². The number of hydrogen-bond acceptors (Lipinski definition) is 5. The van der Waals surface area contributed by atoms with Crippen LogP contribution >= 0.6 is 11.3 Å². The first-order valence-electron chi connectivity index (χ1n) is 7.36. The summed E-state index contributed by atoms with van der Waals surface area (Å²) in [4.78, 5) is 16.5. The van der Waals surface area contributed by atoms with E-state index < -0.39 is 15.9 Å². The third-order valence-electron chi connectivity index (χ3n) is 3.41. The Morgan fingerprint density at radius 2 is 1.72 bits per heavy atom. The zero-order valence-electron chi connectivity index (χ0n) is 13.3. The Hall–Kier alpha value is -2.71. The molecule has 0 fully saturated rings. The van der Waals surface area contributed by atoms with Crippen molar-refractivity contribution in [3.8, 4) is 0 Å². The Morgan fingerprint density at radius 3 is 2.44 bits per heavy atom. The molecule has 128 valence electrons.